The zero-order chi connectivity index (χ0) is 15.8. The lowest BCUT2D eigenvalue weighted by molar-refractivity contribution is 0.544. The molecule has 0 aliphatic rings. The second-order valence-corrected chi connectivity index (χ2v) is 7.92. The third-order valence-corrected chi connectivity index (χ3v) is 3.98. The van der Waals surface area contributed by atoms with Gasteiger partial charge in [0.05, 0.1) is 0 Å². The fourth-order valence-electron chi connectivity index (χ4n) is 2.05. The lowest BCUT2D eigenvalue weighted by Crippen LogP contribution is -2.17. The Balaban J connectivity index is 2.43. The van der Waals surface area contributed by atoms with Crippen LogP contribution in [0.25, 0.3) is 0 Å². The fourth-order valence-corrected chi connectivity index (χ4v) is 3.12. The zero-order valence-electron chi connectivity index (χ0n) is 12.9. The van der Waals surface area contributed by atoms with Crippen molar-refractivity contribution in [2.75, 3.05) is 5.32 Å². The van der Waals surface area contributed by atoms with E-state index in [1.165, 1.54) is 11.1 Å². The molecule has 0 fully saturated rings. The Bertz CT molecular complexity index is 653. The van der Waals surface area contributed by atoms with Gasteiger partial charge in [-0.25, -0.2) is 9.97 Å². The van der Waals surface area contributed by atoms with Crippen molar-refractivity contribution >= 4 is 43.4 Å². The monoisotopic (exact) mass is 411 g/mol. The van der Waals surface area contributed by atoms with E-state index in [1.807, 2.05) is 6.07 Å². The standard InChI is InChI=1S/C16H19Br2N3/c1-9-6-11(17)7-10(2)14(9)20-13-8-12(18)19-15(21-13)16(3,4)5/h6-8H,1-5H3,(H,19,20,21). The molecule has 1 aromatic heterocycles. The van der Waals surface area contributed by atoms with Crippen LogP contribution in [0, 0.1) is 13.8 Å². The maximum Gasteiger partial charge on any atom is 0.137 e. The van der Waals surface area contributed by atoms with Crippen molar-refractivity contribution in [1.29, 1.82) is 0 Å². The van der Waals surface area contributed by atoms with Gasteiger partial charge in [0.1, 0.15) is 16.2 Å². The first-order valence-corrected chi connectivity index (χ1v) is 8.34. The van der Waals surface area contributed by atoms with E-state index in [-0.39, 0.29) is 5.41 Å². The minimum atomic E-state index is -0.0932. The molecule has 3 nitrogen and oxygen atoms in total. The van der Waals surface area contributed by atoms with Crippen LogP contribution in [-0.4, -0.2) is 9.97 Å². The lowest BCUT2D eigenvalue weighted by atomic mass is 9.96. The fraction of sp³-hybridized carbons (Fsp3) is 0.375. The largest absolute Gasteiger partial charge is 0.340 e. The van der Waals surface area contributed by atoms with Crippen LogP contribution in [0.4, 0.5) is 11.5 Å². The first-order valence-electron chi connectivity index (χ1n) is 6.75. The summed E-state index contributed by atoms with van der Waals surface area (Å²) in [5.74, 6) is 1.61. The van der Waals surface area contributed by atoms with Gasteiger partial charge in [-0.1, -0.05) is 36.7 Å². The van der Waals surface area contributed by atoms with Crippen molar-refractivity contribution in [1.82, 2.24) is 9.97 Å². The number of hydrogen-bond acceptors (Lipinski definition) is 3. The molecule has 0 aliphatic carbocycles. The molecule has 0 radical (unpaired) electrons. The molecule has 0 spiro atoms. The maximum atomic E-state index is 4.64. The Hall–Kier alpha value is -0.940. The van der Waals surface area contributed by atoms with Gasteiger partial charge in [0.2, 0.25) is 0 Å². The normalized spacial score (nSPS) is 11.6. The molecule has 0 saturated carbocycles. The summed E-state index contributed by atoms with van der Waals surface area (Å²) in [5, 5.41) is 3.42. The Morgan fingerprint density at radius 1 is 0.952 bits per heavy atom. The van der Waals surface area contributed by atoms with Crippen LogP contribution < -0.4 is 5.32 Å². The van der Waals surface area contributed by atoms with Crippen molar-refractivity contribution < 1.29 is 0 Å². The van der Waals surface area contributed by atoms with Crippen molar-refractivity contribution in [2.45, 2.75) is 40.0 Å². The molecule has 0 saturated heterocycles. The van der Waals surface area contributed by atoms with E-state index in [0.29, 0.717) is 0 Å². The quantitative estimate of drug-likeness (QED) is 0.646. The molecular formula is C16H19Br2N3. The van der Waals surface area contributed by atoms with Crippen LogP contribution in [0.1, 0.15) is 37.7 Å². The van der Waals surface area contributed by atoms with Crippen LogP contribution in [0.2, 0.25) is 0 Å². The van der Waals surface area contributed by atoms with Crippen molar-refractivity contribution in [3.05, 3.63) is 44.2 Å². The third-order valence-electron chi connectivity index (χ3n) is 3.12. The smallest absolute Gasteiger partial charge is 0.137 e. The molecule has 2 rings (SSSR count). The molecule has 112 valence electrons. The molecule has 1 aromatic carbocycles. The Labute approximate surface area is 142 Å². The van der Waals surface area contributed by atoms with Gasteiger partial charge in [-0.15, -0.1) is 0 Å². The van der Waals surface area contributed by atoms with Crippen LogP contribution in [0.5, 0.6) is 0 Å². The SMILES string of the molecule is Cc1cc(Br)cc(C)c1Nc1cc(Br)nc(C(C)(C)C)n1. The lowest BCUT2D eigenvalue weighted by Gasteiger charge is -2.19. The first kappa shape index (κ1) is 16.4. The third kappa shape index (κ3) is 4.04. The second-order valence-electron chi connectivity index (χ2n) is 6.19. The molecular weight excluding hydrogens is 394 g/mol. The van der Waals surface area contributed by atoms with E-state index in [2.05, 4.69) is 93.9 Å². The van der Waals surface area contributed by atoms with Gasteiger partial charge in [-0.2, -0.15) is 0 Å². The van der Waals surface area contributed by atoms with Gasteiger partial charge in [-0.05, 0) is 53.0 Å². The van der Waals surface area contributed by atoms with Gasteiger partial charge < -0.3 is 5.32 Å². The Kier molecular flexibility index (Phi) is 4.73. The van der Waals surface area contributed by atoms with Gasteiger partial charge in [0, 0.05) is 21.6 Å². The molecule has 5 heteroatoms. The highest BCUT2D eigenvalue weighted by atomic mass is 79.9. The molecule has 1 N–H and O–H groups in total. The van der Waals surface area contributed by atoms with E-state index in [1.54, 1.807) is 0 Å². The molecule has 21 heavy (non-hydrogen) atoms. The highest BCUT2D eigenvalue weighted by molar-refractivity contribution is 9.10. The molecule has 0 aliphatic heterocycles. The number of aromatic nitrogens is 2. The highest BCUT2D eigenvalue weighted by Crippen LogP contribution is 2.29. The minimum absolute atomic E-state index is 0.0932. The summed E-state index contributed by atoms with van der Waals surface area (Å²) < 4.78 is 1.87. The predicted molar refractivity (Wildman–Crippen MR) is 95.3 cm³/mol. The molecule has 0 atom stereocenters. The van der Waals surface area contributed by atoms with Gasteiger partial charge in [-0.3, -0.25) is 0 Å². The number of hydrogen-bond donors (Lipinski definition) is 1. The van der Waals surface area contributed by atoms with Gasteiger partial charge in [0.15, 0.2) is 0 Å². The number of rotatable bonds is 2. The minimum Gasteiger partial charge on any atom is -0.340 e. The van der Waals surface area contributed by atoms with Crippen LogP contribution in [0.3, 0.4) is 0 Å². The predicted octanol–water partition coefficient (Wildman–Crippen LogP) is 5.66. The van der Waals surface area contributed by atoms with Crippen LogP contribution >= 0.6 is 31.9 Å². The Morgan fingerprint density at radius 3 is 2.05 bits per heavy atom. The average Bonchev–Trinajstić information content (AvgIpc) is 2.32. The molecule has 0 unspecified atom stereocenters. The van der Waals surface area contributed by atoms with Crippen molar-refractivity contribution in [3.8, 4) is 0 Å². The number of halogens is 2. The van der Waals surface area contributed by atoms with E-state index in [0.717, 1.165) is 26.4 Å². The average molecular weight is 413 g/mol. The number of nitrogens with one attached hydrogen (secondary N) is 1. The van der Waals surface area contributed by atoms with Crippen molar-refractivity contribution in [3.63, 3.8) is 0 Å². The summed E-state index contributed by atoms with van der Waals surface area (Å²) in [7, 11) is 0. The number of anilines is 2. The zero-order valence-corrected chi connectivity index (χ0v) is 16.1. The summed E-state index contributed by atoms with van der Waals surface area (Å²) in [5.41, 5.74) is 3.34. The topological polar surface area (TPSA) is 37.8 Å². The van der Waals surface area contributed by atoms with Gasteiger partial charge in [0.25, 0.3) is 0 Å². The summed E-state index contributed by atoms with van der Waals surface area (Å²) in [6.45, 7) is 10.5. The van der Waals surface area contributed by atoms with Crippen molar-refractivity contribution in [2.24, 2.45) is 0 Å². The second kappa shape index (κ2) is 6.05. The van der Waals surface area contributed by atoms with Crippen LogP contribution in [0.15, 0.2) is 27.3 Å². The maximum absolute atomic E-state index is 4.64. The molecule has 0 amide bonds. The van der Waals surface area contributed by atoms with E-state index >= 15 is 0 Å². The molecule has 2 aromatic rings. The van der Waals surface area contributed by atoms with E-state index in [9.17, 15) is 0 Å². The summed E-state index contributed by atoms with van der Waals surface area (Å²) in [6.07, 6.45) is 0. The summed E-state index contributed by atoms with van der Waals surface area (Å²) in [4.78, 5) is 9.10. The number of benzene rings is 1. The first-order chi connectivity index (χ1) is 9.66. The number of nitrogens with zero attached hydrogens (tertiary/aromatic N) is 2. The summed E-state index contributed by atoms with van der Waals surface area (Å²) >= 11 is 6.99. The van der Waals surface area contributed by atoms with E-state index in [4.69, 9.17) is 0 Å². The highest BCUT2D eigenvalue weighted by Gasteiger charge is 2.19. The molecule has 0 bridgehead atoms. The Morgan fingerprint density at radius 2 is 1.52 bits per heavy atom. The number of aryl methyl sites for hydroxylation is 2. The van der Waals surface area contributed by atoms with E-state index < -0.39 is 0 Å². The van der Waals surface area contributed by atoms with Crippen LogP contribution in [-0.2, 0) is 5.41 Å². The molecule has 1 heterocycles. The van der Waals surface area contributed by atoms with Gasteiger partial charge >= 0.3 is 0 Å². The summed E-state index contributed by atoms with van der Waals surface area (Å²) in [6, 6.07) is 6.09.